The fourth-order valence-corrected chi connectivity index (χ4v) is 1.62. The van der Waals surface area contributed by atoms with Crippen molar-refractivity contribution in [2.24, 2.45) is 0 Å². The van der Waals surface area contributed by atoms with E-state index in [0.717, 1.165) is 0 Å². The molecular weight excluding hydrogens is 232 g/mol. The van der Waals surface area contributed by atoms with Crippen LogP contribution in [0.25, 0.3) is 0 Å². The first-order valence-corrected chi connectivity index (χ1v) is 6.65. The molecule has 3 atom stereocenters. The Labute approximate surface area is 97.3 Å². The quantitative estimate of drug-likeness (QED) is 0.614. The molecule has 0 aliphatic rings. The largest absolute Gasteiger partial charge is 0.480 e. The minimum absolute atomic E-state index is 0.134. The average Bonchev–Trinajstić information content (AvgIpc) is 2.14. The van der Waals surface area contributed by atoms with Crippen molar-refractivity contribution in [3.05, 3.63) is 0 Å². The summed E-state index contributed by atoms with van der Waals surface area (Å²) in [6, 6.07) is -1.58. The summed E-state index contributed by atoms with van der Waals surface area (Å²) in [4.78, 5) is 21.7. The minimum atomic E-state index is -1.09. The van der Waals surface area contributed by atoms with Crippen molar-refractivity contribution in [1.29, 1.82) is 0 Å². The molecule has 0 saturated carbocycles. The van der Waals surface area contributed by atoms with Crippen LogP contribution in [0.2, 0.25) is 0 Å². The third-order valence-electron chi connectivity index (χ3n) is 1.93. The molecule has 0 radical (unpaired) electrons. The van der Waals surface area contributed by atoms with Crippen LogP contribution in [0.3, 0.4) is 0 Å². The second-order valence-electron chi connectivity index (χ2n) is 3.64. The van der Waals surface area contributed by atoms with Gasteiger partial charge in [-0.25, -0.2) is 4.79 Å². The van der Waals surface area contributed by atoms with Crippen LogP contribution in [0.5, 0.6) is 0 Å². The zero-order valence-electron chi connectivity index (χ0n) is 9.65. The lowest BCUT2D eigenvalue weighted by molar-refractivity contribution is -0.138. The second-order valence-corrected chi connectivity index (χ2v) is 5.20. The van der Waals surface area contributed by atoms with Crippen LogP contribution in [0.4, 0.5) is 4.79 Å². The van der Waals surface area contributed by atoms with E-state index in [1.807, 2.05) is 0 Å². The first kappa shape index (κ1) is 14.9. The van der Waals surface area contributed by atoms with E-state index in [1.165, 1.54) is 6.92 Å². The Morgan fingerprint density at radius 3 is 2.31 bits per heavy atom. The van der Waals surface area contributed by atoms with Gasteiger partial charge in [0.2, 0.25) is 0 Å². The Balaban J connectivity index is 3.86. The normalized spacial score (nSPS) is 15.9. The molecule has 0 bridgehead atoms. The summed E-state index contributed by atoms with van der Waals surface area (Å²) in [7, 11) is -0.885. The van der Waals surface area contributed by atoms with E-state index in [4.69, 9.17) is 5.11 Å². The van der Waals surface area contributed by atoms with Gasteiger partial charge in [0, 0.05) is 28.9 Å². The minimum Gasteiger partial charge on any atom is -0.480 e. The first-order chi connectivity index (χ1) is 7.32. The molecule has 0 aromatic carbocycles. The van der Waals surface area contributed by atoms with Gasteiger partial charge < -0.3 is 15.7 Å². The molecule has 0 spiro atoms. The Bertz CT molecular complexity index is 283. The molecule has 2 unspecified atom stereocenters. The van der Waals surface area contributed by atoms with Crippen molar-refractivity contribution in [1.82, 2.24) is 10.6 Å². The van der Waals surface area contributed by atoms with E-state index in [2.05, 4.69) is 10.6 Å². The molecule has 0 aliphatic carbocycles. The number of rotatable bonds is 6. The van der Waals surface area contributed by atoms with E-state index in [9.17, 15) is 13.8 Å². The van der Waals surface area contributed by atoms with Crippen molar-refractivity contribution in [2.45, 2.75) is 32.4 Å². The summed E-state index contributed by atoms with van der Waals surface area (Å²) in [6.45, 7) is 3.16. The molecule has 94 valence electrons. The van der Waals surface area contributed by atoms with E-state index in [1.54, 1.807) is 13.2 Å². The number of nitrogens with one attached hydrogen (secondary N) is 2. The van der Waals surface area contributed by atoms with Crippen molar-refractivity contribution in [3.63, 3.8) is 0 Å². The van der Waals surface area contributed by atoms with Gasteiger partial charge in [0.05, 0.1) is 0 Å². The predicted octanol–water partition coefficient (Wildman–Crippen LogP) is -0.0842. The third-order valence-corrected chi connectivity index (χ3v) is 2.74. The van der Waals surface area contributed by atoms with Crippen LogP contribution < -0.4 is 10.6 Å². The molecule has 2 amide bonds. The first-order valence-electron chi connectivity index (χ1n) is 4.92. The highest BCUT2D eigenvalue weighted by atomic mass is 32.2. The fraction of sp³-hybridized carbons (Fsp3) is 0.778. The van der Waals surface area contributed by atoms with Gasteiger partial charge in [0.15, 0.2) is 0 Å². The highest BCUT2D eigenvalue weighted by Crippen LogP contribution is 1.92. The molecule has 0 aromatic heterocycles. The van der Waals surface area contributed by atoms with E-state index in [-0.39, 0.29) is 6.04 Å². The summed E-state index contributed by atoms with van der Waals surface area (Å²) >= 11 is 0. The Hall–Kier alpha value is -1.11. The van der Waals surface area contributed by atoms with Crippen molar-refractivity contribution in [3.8, 4) is 0 Å². The molecular formula is C9H18N2O4S. The van der Waals surface area contributed by atoms with Gasteiger partial charge in [0.25, 0.3) is 0 Å². The standard InChI is InChI=1S/C9H18N2O4S/c1-6(4-5-16(3)15)10-9(14)11-7(2)8(12)13/h6-7H,4-5H2,1-3H3,(H,12,13)(H2,10,11,14)/t6?,7-,16?/m0/s1. The number of aliphatic carboxylic acids is 1. The highest BCUT2D eigenvalue weighted by Gasteiger charge is 2.15. The summed E-state index contributed by atoms with van der Waals surface area (Å²) in [5.74, 6) is -0.576. The number of carboxylic acid groups (broad SMARTS) is 1. The third kappa shape index (κ3) is 7.22. The smallest absolute Gasteiger partial charge is 0.325 e. The molecule has 0 saturated heterocycles. The van der Waals surface area contributed by atoms with Gasteiger partial charge in [-0.1, -0.05) is 0 Å². The number of urea groups is 1. The summed E-state index contributed by atoms with van der Waals surface area (Å²) in [6.07, 6.45) is 2.19. The van der Waals surface area contributed by atoms with Gasteiger partial charge >= 0.3 is 12.0 Å². The number of carbonyl (C=O) groups excluding carboxylic acids is 1. The molecule has 0 fully saturated rings. The Morgan fingerprint density at radius 2 is 1.88 bits per heavy atom. The van der Waals surface area contributed by atoms with Crippen LogP contribution in [0.15, 0.2) is 0 Å². The van der Waals surface area contributed by atoms with Gasteiger partial charge in [-0.3, -0.25) is 9.00 Å². The number of carboxylic acids is 1. The van der Waals surface area contributed by atoms with Crippen molar-refractivity contribution in [2.75, 3.05) is 12.0 Å². The van der Waals surface area contributed by atoms with Gasteiger partial charge in [-0.05, 0) is 20.3 Å². The second kappa shape index (κ2) is 7.21. The Kier molecular flexibility index (Phi) is 6.71. The Morgan fingerprint density at radius 1 is 1.31 bits per heavy atom. The maximum Gasteiger partial charge on any atom is 0.325 e. The lowest BCUT2D eigenvalue weighted by Gasteiger charge is -2.15. The average molecular weight is 250 g/mol. The summed E-state index contributed by atoms with van der Waals surface area (Å²) in [5.41, 5.74) is 0. The van der Waals surface area contributed by atoms with Crippen LogP contribution in [-0.4, -0.2) is 45.4 Å². The molecule has 3 N–H and O–H groups in total. The van der Waals surface area contributed by atoms with Gasteiger partial charge in [-0.15, -0.1) is 0 Å². The zero-order valence-corrected chi connectivity index (χ0v) is 10.5. The van der Waals surface area contributed by atoms with E-state index in [0.29, 0.717) is 12.2 Å². The lowest BCUT2D eigenvalue weighted by atomic mass is 10.2. The molecule has 0 aliphatic heterocycles. The maximum atomic E-state index is 11.3. The van der Waals surface area contributed by atoms with Gasteiger partial charge in [0.1, 0.15) is 6.04 Å². The molecule has 0 heterocycles. The summed E-state index contributed by atoms with van der Waals surface area (Å²) in [5, 5.41) is 13.4. The van der Waals surface area contributed by atoms with Crippen LogP contribution in [-0.2, 0) is 15.6 Å². The van der Waals surface area contributed by atoms with Crippen LogP contribution >= 0.6 is 0 Å². The van der Waals surface area contributed by atoms with E-state index < -0.39 is 28.8 Å². The summed E-state index contributed by atoms with van der Waals surface area (Å²) < 4.78 is 10.8. The zero-order chi connectivity index (χ0) is 12.7. The van der Waals surface area contributed by atoms with Crippen molar-refractivity contribution < 1.29 is 18.9 Å². The molecule has 0 rings (SSSR count). The maximum absolute atomic E-state index is 11.3. The van der Waals surface area contributed by atoms with E-state index >= 15 is 0 Å². The lowest BCUT2D eigenvalue weighted by Crippen LogP contribution is -2.47. The number of hydrogen-bond donors (Lipinski definition) is 3. The molecule has 16 heavy (non-hydrogen) atoms. The number of carbonyl (C=O) groups is 2. The predicted molar refractivity (Wildman–Crippen MR) is 61.8 cm³/mol. The fourth-order valence-electron chi connectivity index (χ4n) is 0.939. The monoisotopic (exact) mass is 250 g/mol. The molecule has 0 aromatic rings. The molecule has 7 heteroatoms. The topological polar surface area (TPSA) is 95.5 Å². The number of hydrogen-bond acceptors (Lipinski definition) is 3. The highest BCUT2D eigenvalue weighted by molar-refractivity contribution is 7.84. The van der Waals surface area contributed by atoms with Crippen LogP contribution in [0, 0.1) is 0 Å². The number of amides is 2. The molecule has 6 nitrogen and oxygen atoms in total. The van der Waals surface area contributed by atoms with Crippen LogP contribution in [0.1, 0.15) is 20.3 Å². The van der Waals surface area contributed by atoms with Gasteiger partial charge in [-0.2, -0.15) is 0 Å². The van der Waals surface area contributed by atoms with Crippen molar-refractivity contribution >= 4 is 22.8 Å². The SMILES string of the molecule is CC(CCS(C)=O)NC(=O)N[C@@H](C)C(=O)O.